The van der Waals surface area contributed by atoms with Gasteiger partial charge in [0.1, 0.15) is 0 Å². The van der Waals surface area contributed by atoms with Gasteiger partial charge in [0.05, 0.1) is 5.69 Å². The van der Waals surface area contributed by atoms with Crippen LogP contribution in [0.4, 0.5) is 0 Å². The Labute approximate surface area is 131 Å². The average molecular weight is 319 g/mol. The summed E-state index contributed by atoms with van der Waals surface area (Å²) >= 11 is 3.30. The minimum atomic E-state index is -0.00993. The van der Waals surface area contributed by atoms with Gasteiger partial charge in [0, 0.05) is 40.0 Å². The van der Waals surface area contributed by atoms with Crippen LogP contribution in [-0.2, 0) is 6.54 Å². The molecule has 0 fully saturated rings. The molecule has 1 unspecified atom stereocenters. The smallest absolute Gasteiger partial charge is 0.258 e. The quantitative estimate of drug-likeness (QED) is 0.740. The van der Waals surface area contributed by atoms with Gasteiger partial charge in [-0.1, -0.05) is 0 Å². The van der Waals surface area contributed by atoms with Crippen LogP contribution < -0.4 is 5.56 Å². The average Bonchev–Trinajstić information content (AvgIpc) is 3.06. The fourth-order valence-corrected chi connectivity index (χ4v) is 3.99. The van der Waals surface area contributed by atoms with Gasteiger partial charge < -0.3 is 0 Å². The highest BCUT2D eigenvalue weighted by Crippen LogP contribution is 2.27. The maximum Gasteiger partial charge on any atom is 0.258 e. The van der Waals surface area contributed by atoms with E-state index in [1.165, 1.54) is 21.1 Å². The monoisotopic (exact) mass is 319 g/mol. The summed E-state index contributed by atoms with van der Waals surface area (Å²) in [5, 5.41) is 1.88. The molecule has 21 heavy (non-hydrogen) atoms. The van der Waals surface area contributed by atoms with E-state index in [-0.39, 0.29) is 5.56 Å². The second-order valence-corrected chi connectivity index (χ2v) is 7.37. The van der Waals surface area contributed by atoms with Crippen LogP contribution in [0, 0.1) is 6.92 Å². The fraction of sp³-hybridized carbons (Fsp3) is 0.333. The van der Waals surface area contributed by atoms with E-state index < -0.39 is 0 Å². The first-order valence-corrected chi connectivity index (χ1v) is 8.46. The first kappa shape index (κ1) is 14.4. The lowest BCUT2D eigenvalue weighted by Gasteiger charge is -2.23. The summed E-state index contributed by atoms with van der Waals surface area (Å²) in [5.41, 5.74) is 0.814. The van der Waals surface area contributed by atoms with Crippen molar-refractivity contribution in [1.82, 2.24) is 14.3 Å². The SMILES string of the molecule is Cc1ccc(C(C)N(C)Cc2cc(=O)n3ccsc3n2)s1. The van der Waals surface area contributed by atoms with E-state index in [1.54, 1.807) is 16.7 Å². The summed E-state index contributed by atoms with van der Waals surface area (Å²) in [6.45, 7) is 4.97. The highest BCUT2D eigenvalue weighted by molar-refractivity contribution is 7.15. The fourth-order valence-electron chi connectivity index (χ4n) is 2.26. The van der Waals surface area contributed by atoms with Crippen molar-refractivity contribution in [1.29, 1.82) is 0 Å². The Balaban J connectivity index is 1.82. The van der Waals surface area contributed by atoms with E-state index in [9.17, 15) is 4.79 Å². The third-order valence-corrected chi connectivity index (χ3v) is 5.53. The number of thiophene rings is 1. The van der Waals surface area contributed by atoms with Gasteiger partial charge in [-0.25, -0.2) is 4.98 Å². The standard InChI is InChI=1S/C15H17N3OS2/c1-10-4-5-13(21-10)11(2)17(3)9-12-8-14(19)18-6-7-20-15(18)16-12/h4-8,11H,9H2,1-3H3. The predicted octanol–water partition coefficient (Wildman–Crippen LogP) is 3.32. The minimum absolute atomic E-state index is 0.00993. The van der Waals surface area contributed by atoms with E-state index in [0.29, 0.717) is 12.6 Å². The summed E-state index contributed by atoms with van der Waals surface area (Å²) < 4.78 is 1.58. The topological polar surface area (TPSA) is 37.6 Å². The first-order chi connectivity index (χ1) is 10.0. The van der Waals surface area contributed by atoms with Crippen molar-refractivity contribution in [2.75, 3.05) is 7.05 Å². The number of rotatable bonds is 4. The van der Waals surface area contributed by atoms with E-state index in [4.69, 9.17) is 0 Å². The Morgan fingerprint density at radius 1 is 1.43 bits per heavy atom. The van der Waals surface area contributed by atoms with Crippen LogP contribution in [0.3, 0.4) is 0 Å². The molecule has 0 aliphatic heterocycles. The van der Waals surface area contributed by atoms with Gasteiger partial charge in [0.15, 0.2) is 4.96 Å². The molecule has 0 bridgehead atoms. The van der Waals surface area contributed by atoms with Crippen LogP contribution in [0.2, 0.25) is 0 Å². The van der Waals surface area contributed by atoms with E-state index >= 15 is 0 Å². The molecule has 0 spiro atoms. The number of fused-ring (bicyclic) bond motifs is 1. The van der Waals surface area contributed by atoms with Crippen molar-refractivity contribution in [2.45, 2.75) is 26.4 Å². The zero-order valence-electron chi connectivity index (χ0n) is 12.2. The van der Waals surface area contributed by atoms with Gasteiger partial charge in [0.2, 0.25) is 0 Å². The number of nitrogens with zero attached hydrogens (tertiary/aromatic N) is 3. The van der Waals surface area contributed by atoms with E-state index in [1.807, 2.05) is 16.7 Å². The zero-order valence-corrected chi connectivity index (χ0v) is 13.9. The molecule has 3 rings (SSSR count). The van der Waals surface area contributed by atoms with Gasteiger partial charge in [-0.2, -0.15) is 0 Å². The van der Waals surface area contributed by atoms with Crippen molar-refractivity contribution in [3.05, 3.63) is 55.6 Å². The largest absolute Gasteiger partial charge is 0.293 e. The molecule has 0 radical (unpaired) electrons. The molecule has 3 heterocycles. The molecule has 0 aliphatic carbocycles. The molecular weight excluding hydrogens is 302 g/mol. The predicted molar refractivity (Wildman–Crippen MR) is 88.3 cm³/mol. The summed E-state index contributed by atoms with van der Waals surface area (Å²) in [6.07, 6.45) is 1.76. The number of aromatic nitrogens is 2. The molecule has 4 nitrogen and oxygen atoms in total. The Bertz CT molecular complexity index is 818. The molecule has 3 aromatic rings. The molecular formula is C15H17N3OS2. The van der Waals surface area contributed by atoms with Crippen LogP contribution in [-0.4, -0.2) is 21.3 Å². The Hall–Kier alpha value is -1.50. The molecule has 0 saturated carbocycles. The molecule has 110 valence electrons. The third kappa shape index (κ3) is 2.92. The second kappa shape index (κ2) is 5.71. The van der Waals surface area contributed by atoms with Gasteiger partial charge in [-0.3, -0.25) is 14.1 Å². The summed E-state index contributed by atoms with van der Waals surface area (Å²) in [5.74, 6) is 0. The molecule has 3 aromatic heterocycles. The summed E-state index contributed by atoms with van der Waals surface area (Å²) in [7, 11) is 2.07. The Morgan fingerprint density at radius 3 is 2.95 bits per heavy atom. The molecule has 0 amide bonds. The van der Waals surface area contributed by atoms with Crippen LogP contribution in [0.5, 0.6) is 0 Å². The Kier molecular flexibility index (Phi) is 3.93. The minimum Gasteiger partial charge on any atom is -0.293 e. The Morgan fingerprint density at radius 2 is 2.24 bits per heavy atom. The normalized spacial score (nSPS) is 13.1. The van der Waals surface area contributed by atoms with Crippen LogP contribution in [0.1, 0.15) is 28.4 Å². The van der Waals surface area contributed by atoms with Crippen LogP contribution in [0.15, 0.2) is 34.6 Å². The van der Waals surface area contributed by atoms with Crippen LogP contribution >= 0.6 is 22.7 Å². The van der Waals surface area contributed by atoms with Crippen molar-refractivity contribution in [2.24, 2.45) is 0 Å². The number of thiazole rings is 1. The lowest BCUT2D eigenvalue weighted by molar-refractivity contribution is 0.253. The zero-order chi connectivity index (χ0) is 15.0. The van der Waals surface area contributed by atoms with Gasteiger partial charge in [0.25, 0.3) is 5.56 Å². The maximum atomic E-state index is 12.0. The molecule has 6 heteroatoms. The molecule has 0 aliphatic rings. The highest BCUT2D eigenvalue weighted by atomic mass is 32.1. The third-order valence-electron chi connectivity index (χ3n) is 3.60. The van der Waals surface area contributed by atoms with Gasteiger partial charge in [-0.05, 0) is 33.0 Å². The molecule has 1 atom stereocenters. The van der Waals surface area contributed by atoms with E-state index in [0.717, 1.165) is 10.7 Å². The van der Waals surface area contributed by atoms with Crippen molar-refractivity contribution in [3.63, 3.8) is 0 Å². The lowest BCUT2D eigenvalue weighted by Crippen LogP contribution is -2.23. The summed E-state index contributed by atoms with van der Waals surface area (Å²) in [6, 6.07) is 6.26. The van der Waals surface area contributed by atoms with Gasteiger partial charge >= 0.3 is 0 Å². The number of hydrogen-bond acceptors (Lipinski definition) is 5. The number of hydrogen-bond donors (Lipinski definition) is 0. The summed E-state index contributed by atoms with van der Waals surface area (Å²) in [4.78, 5) is 22.2. The van der Waals surface area contributed by atoms with Gasteiger partial charge in [-0.15, -0.1) is 22.7 Å². The van der Waals surface area contributed by atoms with Crippen molar-refractivity contribution < 1.29 is 0 Å². The maximum absolute atomic E-state index is 12.0. The molecule has 0 N–H and O–H groups in total. The van der Waals surface area contributed by atoms with Crippen LogP contribution in [0.25, 0.3) is 4.96 Å². The highest BCUT2D eigenvalue weighted by Gasteiger charge is 2.15. The van der Waals surface area contributed by atoms with Crippen molar-refractivity contribution >= 4 is 27.6 Å². The second-order valence-electron chi connectivity index (χ2n) is 5.18. The van der Waals surface area contributed by atoms with Crippen molar-refractivity contribution in [3.8, 4) is 0 Å². The molecule has 0 aromatic carbocycles. The number of aryl methyl sites for hydroxylation is 1. The molecule has 0 saturated heterocycles. The lowest BCUT2D eigenvalue weighted by atomic mass is 10.2. The van der Waals surface area contributed by atoms with E-state index in [2.05, 4.69) is 42.9 Å². The first-order valence-electron chi connectivity index (χ1n) is 6.77.